The summed E-state index contributed by atoms with van der Waals surface area (Å²) in [5.74, 6) is 0. The van der Waals surface area contributed by atoms with Crippen LogP contribution in [-0.4, -0.2) is 55.7 Å². The number of aryl methyl sites for hydroxylation is 1. The Bertz CT molecular complexity index is 1060. The summed E-state index contributed by atoms with van der Waals surface area (Å²) in [6.07, 6.45) is 21.2. The van der Waals surface area contributed by atoms with E-state index in [0.29, 0.717) is 5.57 Å². The van der Waals surface area contributed by atoms with Crippen LogP contribution in [0.2, 0.25) is 0 Å². The highest BCUT2D eigenvalue weighted by atomic mass is 32.1. The highest BCUT2D eigenvalue weighted by Crippen LogP contribution is 2.35. The molecular formula is C30H39N3OS. The number of carbonyl (C=O) groups is 1. The fourth-order valence-electron chi connectivity index (χ4n) is 5.18. The number of likely N-dealkylation sites (N-methyl/N-ethyl adjacent to an activating group) is 1. The number of rotatable bonds is 3. The van der Waals surface area contributed by atoms with Gasteiger partial charge in [-0.1, -0.05) is 42.9 Å². The number of anilines is 1. The zero-order valence-corrected chi connectivity index (χ0v) is 22.1. The molecule has 5 rings (SSSR count). The number of thiol groups is 1. The summed E-state index contributed by atoms with van der Waals surface area (Å²) in [6, 6.07) is 6.95. The second-order valence-electron chi connectivity index (χ2n) is 10.0. The molecule has 1 aromatic carbocycles. The van der Waals surface area contributed by atoms with Crippen molar-refractivity contribution in [1.29, 1.82) is 0 Å². The fraction of sp³-hybridized carbons (Fsp3) is 0.433. The average Bonchev–Trinajstić information content (AvgIpc) is 3.21. The third kappa shape index (κ3) is 6.59. The normalized spacial score (nSPS) is 24.4. The zero-order valence-electron chi connectivity index (χ0n) is 21.2. The average molecular weight is 490 g/mol. The van der Waals surface area contributed by atoms with Gasteiger partial charge in [0.1, 0.15) is 6.29 Å². The topological polar surface area (TPSA) is 35.6 Å². The smallest absolute Gasteiger partial charge is 0.150 e. The number of hydrogen-bond donors (Lipinski definition) is 2. The Labute approximate surface area is 216 Å². The lowest BCUT2D eigenvalue weighted by atomic mass is 9.90. The van der Waals surface area contributed by atoms with Crippen molar-refractivity contribution in [2.24, 2.45) is 0 Å². The molecule has 1 atom stereocenters. The standard InChI is InChI=1S/C16H24N2.C14H15NOS/c1-17-10-12-18(13-11-17)16-9-5-7-14-6-3-2-4-8-15(14)16;1-14(17)6-2-3-11(10-16)9-13(14)12-4-7-15-8-5-12/h5,7,9H,2-4,6,8,10-13H2,1H3;2-7,9-10,15,17H,8H2,1H3. The molecule has 35 heavy (non-hydrogen) atoms. The van der Waals surface area contributed by atoms with E-state index in [9.17, 15) is 4.79 Å². The van der Waals surface area contributed by atoms with Crippen LogP contribution in [0.4, 0.5) is 5.69 Å². The van der Waals surface area contributed by atoms with Gasteiger partial charge in [-0.25, -0.2) is 0 Å². The van der Waals surface area contributed by atoms with Gasteiger partial charge < -0.3 is 15.1 Å². The SMILES string of the molecule is CC1(S)C=CC=C(C=O)C=C1C1=CCNC=C1.CN1CCN(c2cccc3c2CCCCC3)CC1. The maximum atomic E-state index is 10.9. The van der Waals surface area contributed by atoms with Crippen LogP contribution in [0.5, 0.6) is 0 Å². The second-order valence-corrected chi connectivity index (χ2v) is 10.9. The number of piperazine rings is 1. The van der Waals surface area contributed by atoms with Gasteiger partial charge in [0.05, 0.1) is 4.75 Å². The summed E-state index contributed by atoms with van der Waals surface area (Å²) >= 11 is 4.67. The molecule has 4 nitrogen and oxygen atoms in total. The maximum absolute atomic E-state index is 10.9. The molecule has 1 aromatic rings. The molecular weight excluding hydrogens is 450 g/mol. The predicted molar refractivity (Wildman–Crippen MR) is 151 cm³/mol. The summed E-state index contributed by atoms with van der Waals surface area (Å²) in [6.45, 7) is 7.60. The van der Waals surface area contributed by atoms with Crippen LogP contribution in [0.3, 0.4) is 0 Å². The van der Waals surface area contributed by atoms with E-state index in [-0.39, 0.29) is 4.75 Å². The van der Waals surface area contributed by atoms with Crippen molar-refractivity contribution in [3.8, 4) is 0 Å². The minimum absolute atomic E-state index is 0.366. The van der Waals surface area contributed by atoms with E-state index in [1.807, 2.05) is 37.4 Å². The first-order chi connectivity index (χ1) is 17.0. The predicted octanol–water partition coefficient (Wildman–Crippen LogP) is 5.05. The highest BCUT2D eigenvalue weighted by Gasteiger charge is 2.25. The van der Waals surface area contributed by atoms with Gasteiger partial charge in [0.15, 0.2) is 0 Å². The maximum Gasteiger partial charge on any atom is 0.150 e. The Hall–Kier alpha value is -2.50. The van der Waals surface area contributed by atoms with E-state index in [1.165, 1.54) is 64.0 Å². The van der Waals surface area contributed by atoms with Crippen molar-refractivity contribution < 1.29 is 4.79 Å². The summed E-state index contributed by atoms with van der Waals surface area (Å²) in [7, 11) is 2.23. The van der Waals surface area contributed by atoms with Crippen LogP contribution in [-0.2, 0) is 17.6 Å². The van der Waals surface area contributed by atoms with Crippen LogP contribution in [0, 0.1) is 0 Å². The number of dihydropyridines is 1. The monoisotopic (exact) mass is 489 g/mol. The van der Waals surface area contributed by atoms with E-state index in [2.05, 4.69) is 59.1 Å². The van der Waals surface area contributed by atoms with Gasteiger partial charge in [-0.15, -0.1) is 0 Å². The molecule has 5 heteroatoms. The molecule has 1 saturated heterocycles. The molecule has 0 aromatic heterocycles. The summed E-state index contributed by atoms with van der Waals surface area (Å²) < 4.78 is -0.366. The molecule has 1 N–H and O–H groups in total. The third-order valence-corrected chi connectivity index (χ3v) is 7.69. The van der Waals surface area contributed by atoms with Crippen LogP contribution >= 0.6 is 12.6 Å². The fourth-order valence-corrected chi connectivity index (χ4v) is 5.46. The molecule has 2 aliphatic carbocycles. The van der Waals surface area contributed by atoms with Gasteiger partial charge in [0.25, 0.3) is 0 Å². The Kier molecular flexibility index (Phi) is 8.74. The number of nitrogens with zero attached hydrogens (tertiary/aromatic N) is 2. The van der Waals surface area contributed by atoms with Crippen LogP contribution in [0.25, 0.3) is 0 Å². The lowest BCUT2D eigenvalue weighted by Gasteiger charge is -2.35. The second kappa shape index (κ2) is 12.0. The molecule has 4 aliphatic rings. The van der Waals surface area contributed by atoms with E-state index in [4.69, 9.17) is 0 Å². The number of aldehydes is 1. The molecule has 1 unspecified atom stereocenters. The first kappa shape index (κ1) is 25.6. The molecule has 2 aliphatic heterocycles. The minimum Gasteiger partial charge on any atom is -0.387 e. The Morgan fingerprint density at radius 2 is 1.89 bits per heavy atom. The van der Waals surface area contributed by atoms with E-state index >= 15 is 0 Å². The number of carbonyl (C=O) groups excluding carboxylic acids is 1. The van der Waals surface area contributed by atoms with Crippen molar-refractivity contribution in [1.82, 2.24) is 10.2 Å². The Balaban J connectivity index is 0.000000165. The largest absolute Gasteiger partial charge is 0.387 e. The molecule has 1 fully saturated rings. The van der Waals surface area contributed by atoms with Crippen molar-refractivity contribution in [3.63, 3.8) is 0 Å². The van der Waals surface area contributed by atoms with E-state index < -0.39 is 0 Å². The first-order valence-corrected chi connectivity index (χ1v) is 13.4. The molecule has 0 amide bonds. The van der Waals surface area contributed by atoms with Gasteiger partial charge >= 0.3 is 0 Å². The summed E-state index contributed by atoms with van der Waals surface area (Å²) in [4.78, 5) is 16.0. The lowest BCUT2D eigenvalue weighted by Crippen LogP contribution is -2.44. The molecule has 0 bridgehead atoms. The third-order valence-electron chi connectivity index (χ3n) is 7.30. The van der Waals surface area contributed by atoms with Crippen molar-refractivity contribution >= 4 is 24.6 Å². The Morgan fingerprint density at radius 1 is 1.09 bits per heavy atom. The molecule has 0 radical (unpaired) electrons. The van der Waals surface area contributed by atoms with E-state index in [0.717, 1.165) is 24.0 Å². The molecule has 2 heterocycles. The van der Waals surface area contributed by atoms with Crippen molar-refractivity contribution in [3.05, 3.63) is 88.7 Å². The first-order valence-electron chi connectivity index (χ1n) is 12.9. The number of hydrogen-bond acceptors (Lipinski definition) is 5. The van der Waals surface area contributed by atoms with Crippen LogP contribution in [0.15, 0.2) is 77.6 Å². The van der Waals surface area contributed by atoms with Gasteiger partial charge in [0, 0.05) is 44.0 Å². The number of allylic oxidation sites excluding steroid dienone is 6. The molecule has 186 valence electrons. The van der Waals surface area contributed by atoms with Gasteiger partial charge in [-0.3, -0.25) is 4.79 Å². The van der Waals surface area contributed by atoms with Crippen molar-refractivity contribution in [2.75, 3.05) is 44.7 Å². The van der Waals surface area contributed by atoms with E-state index in [1.54, 1.807) is 17.2 Å². The van der Waals surface area contributed by atoms with Crippen LogP contribution < -0.4 is 10.2 Å². The van der Waals surface area contributed by atoms with Gasteiger partial charge in [0.2, 0.25) is 0 Å². The van der Waals surface area contributed by atoms with Gasteiger partial charge in [-0.05, 0) is 86.3 Å². The minimum atomic E-state index is -0.366. The van der Waals surface area contributed by atoms with Gasteiger partial charge in [-0.2, -0.15) is 12.6 Å². The number of nitrogens with one attached hydrogen (secondary N) is 1. The molecule has 0 saturated carbocycles. The van der Waals surface area contributed by atoms with Crippen molar-refractivity contribution in [2.45, 2.75) is 43.8 Å². The number of fused-ring (bicyclic) bond motifs is 1. The lowest BCUT2D eigenvalue weighted by molar-refractivity contribution is -0.104. The zero-order chi connectivity index (χ0) is 24.7. The number of benzene rings is 1. The Morgan fingerprint density at radius 3 is 2.63 bits per heavy atom. The quantitative estimate of drug-likeness (QED) is 0.354. The van der Waals surface area contributed by atoms with Crippen LogP contribution in [0.1, 0.15) is 37.3 Å². The highest BCUT2D eigenvalue weighted by molar-refractivity contribution is 7.82. The molecule has 0 spiro atoms. The summed E-state index contributed by atoms with van der Waals surface area (Å²) in [5, 5.41) is 3.11. The summed E-state index contributed by atoms with van der Waals surface area (Å²) in [5.41, 5.74) is 7.62.